The summed E-state index contributed by atoms with van der Waals surface area (Å²) in [5, 5.41) is 3.04. The normalized spacial score (nSPS) is 23.1. The molecule has 2 aliphatic rings. The van der Waals surface area contributed by atoms with Crippen molar-refractivity contribution in [2.24, 2.45) is 5.92 Å². The zero-order chi connectivity index (χ0) is 19.2. The molecule has 27 heavy (non-hydrogen) atoms. The molecule has 1 heterocycles. The van der Waals surface area contributed by atoms with Gasteiger partial charge in [-0.25, -0.2) is 0 Å². The van der Waals surface area contributed by atoms with Crippen LogP contribution in [0.15, 0.2) is 18.2 Å². The number of anilines is 1. The van der Waals surface area contributed by atoms with Crippen LogP contribution < -0.4 is 10.2 Å². The van der Waals surface area contributed by atoms with Gasteiger partial charge in [0.2, 0.25) is 5.91 Å². The van der Waals surface area contributed by atoms with Gasteiger partial charge < -0.3 is 15.0 Å². The van der Waals surface area contributed by atoms with Crippen LogP contribution in [0.25, 0.3) is 0 Å². The van der Waals surface area contributed by atoms with E-state index in [1.54, 1.807) is 7.11 Å². The Labute approximate surface area is 164 Å². The Morgan fingerprint density at radius 3 is 2.63 bits per heavy atom. The molecule has 0 radical (unpaired) electrons. The van der Waals surface area contributed by atoms with Gasteiger partial charge in [0, 0.05) is 45.0 Å². The summed E-state index contributed by atoms with van der Waals surface area (Å²) in [5.41, 5.74) is 4.33. The van der Waals surface area contributed by atoms with E-state index in [9.17, 15) is 4.79 Å². The minimum absolute atomic E-state index is 0.0134. The number of nitrogens with one attached hydrogen (secondary N) is 1. The molecule has 1 saturated carbocycles. The lowest BCUT2D eigenvalue weighted by Crippen LogP contribution is -2.49. The SMILES string of the molecule is CCc1cccc(N2CCN(CCC3CC(NC(=O)COC)C3)CC2)c1C. The monoisotopic (exact) mass is 373 g/mol. The van der Waals surface area contributed by atoms with E-state index in [0.29, 0.717) is 6.04 Å². The van der Waals surface area contributed by atoms with Gasteiger partial charge in [-0.3, -0.25) is 9.69 Å². The number of hydrogen-bond acceptors (Lipinski definition) is 4. The fourth-order valence-corrected chi connectivity index (χ4v) is 4.46. The van der Waals surface area contributed by atoms with Crippen molar-refractivity contribution in [1.82, 2.24) is 10.2 Å². The highest BCUT2D eigenvalue weighted by atomic mass is 16.5. The summed E-state index contributed by atoms with van der Waals surface area (Å²) in [6.07, 6.45) is 4.60. The number of rotatable bonds is 8. The highest BCUT2D eigenvalue weighted by Crippen LogP contribution is 2.31. The molecule has 1 aromatic rings. The number of ether oxygens (including phenoxy) is 1. The first kappa shape index (κ1) is 20.2. The van der Waals surface area contributed by atoms with Gasteiger partial charge in [-0.05, 0) is 62.3 Å². The summed E-state index contributed by atoms with van der Waals surface area (Å²) in [6.45, 7) is 10.4. The van der Waals surface area contributed by atoms with Crippen LogP contribution in [0.5, 0.6) is 0 Å². The Hall–Kier alpha value is -1.59. The van der Waals surface area contributed by atoms with Crippen molar-refractivity contribution in [1.29, 1.82) is 0 Å². The standard InChI is InChI=1S/C22H35N3O2/c1-4-19-6-5-7-21(17(19)2)25-12-10-24(11-13-25)9-8-18-14-20(15-18)23-22(26)16-27-3/h5-7,18,20H,4,8-16H2,1-3H3,(H,23,26). The van der Waals surface area contributed by atoms with Crippen molar-refractivity contribution >= 4 is 11.6 Å². The lowest BCUT2D eigenvalue weighted by molar-refractivity contribution is -0.126. The molecule has 1 saturated heterocycles. The zero-order valence-electron chi connectivity index (χ0n) is 17.2. The van der Waals surface area contributed by atoms with Crippen molar-refractivity contribution in [3.05, 3.63) is 29.3 Å². The maximum Gasteiger partial charge on any atom is 0.246 e. The summed E-state index contributed by atoms with van der Waals surface area (Å²) >= 11 is 0. The average Bonchev–Trinajstić information content (AvgIpc) is 2.64. The molecule has 3 rings (SSSR count). The van der Waals surface area contributed by atoms with Crippen molar-refractivity contribution in [3.8, 4) is 0 Å². The second kappa shape index (κ2) is 9.56. The van der Waals surface area contributed by atoms with Crippen LogP contribution in [0.2, 0.25) is 0 Å². The fraction of sp³-hybridized carbons (Fsp3) is 0.682. The van der Waals surface area contributed by atoms with Gasteiger partial charge in [0.05, 0.1) is 0 Å². The predicted molar refractivity (Wildman–Crippen MR) is 110 cm³/mol. The number of carbonyl (C=O) groups is 1. The van der Waals surface area contributed by atoms with Gasteiger partial charge in [0.1, 0.15) is 6.61 Å². The molecule has 0 bridgehead atoms. The Balaban J connectivity index is 1.36. The summed E-state index contributed by atoms with van der Waals surface area (Å²) in [5.74, 6) is 0.777. The maximum atomic E-state index is 11.5. The minimum atomic E-state index is 0.0134. The van der Waals surface area contributed by atoms with Crippen LogP contribution in [0.3, 0.4) is 0 Å². The molecule has 150 valence electrons. The third kappa shape index (κ3) is 5.23. The van der Waals surface area contributed by atoms with E-state index in [4.69, 9.17) is 4.74 Å². The number of hydrogen-bond donors (Lipinski definition) is 1. The van der Waals surface area contributed by atoms with Crippen LogP contribution in [0.4, 0.5) is 5.69 Å². The smallest absolute Gasteiger partial charge is 0.246 e. The molecule has 5 heteroatoms. The Morgan fingerprint density at radius 1 is 1.22 bits per heavy atom. The number of amides is 1. The molecule has 2 fully saturated rings. The lowest BCUT2D eigenvalue weighted by Gasteiger charge is -2.40. The van der Waals surface area contributed by atoms with E-state index in [1.165, 1.54) is 29.8 Å². The molecular formula is C22H35N3O2. The molecule has 1 amide bonds. The summed E-state index contributed by atoms with van der Waals surface area (Å²) in [6, 6.07) is 7.09. The van der Waals surface area contributed by atoms with E-state index in [2.05, 4.69) is 47.2 Å². The molecule has 1 aliphatic carbocycles. The largest absolute Gasteiger partial charge is 0.375 e. The van der Waals surface area contributed by atoms with E-state index >= 15 is 0 Å². The van der Waals surface area contributed by atoms with Gasteiger partial charge in [-0.15, -0.1) is 0 Å². The first-order valence-electron chi connectivity index (χ1n) is 10.4. The second-order valence-electron chi connectivity index (χ2n) is 8.07. The van der Waals surface area contributed by atoms with Gasteiger partial charge in [-0.2, -0.15) is 0 Å². The van der Waals surface area contributed by atoms with Crippen molar-refractivity contribution in [3.63, 3.8) is 0 Å². The molecule has 0 atom stereocenters. The topological polar surface area (TPSA) is 44.8 Å². The zero-order valence-corrected chi connectivity index (χ0v) is 17.2. The van der Waals surface area contributed by atoms with Gasteiger partial charge in [0.25, 0.3) is 0 Å². The van der Waals surface area contributed by atoms with E-state index < -0.39 is 0 Å². The number of nitrogens with zero attached hydrogens (tertiary/aromatic N) is 2. The summed E-state index contributed by atoms with van der Waals surface area (Å²) in [4.78, 5) is 16.7. The molecule has 5 nitrogen and oxygen atoms in total. The number of aryl methyl sites for hydroxylation is 1. The van der Waals surface area contributed by atoms with Gasteiger partial charge in [-0.1, -0.05) is 19.1 Å². The quantitative estimate of drug-likeness (QED) is 0.761. The maximum absolute atomic E-state index is 11.5. The second-order valence-corrected chi connectivity index (χ2v) is 8.07. The van der Waals surface area contributed by atoms with Crippen molar-refractivity contribution < 1.29 is 9.53 Å². The van der Waals surface area contributed by atoms with Crippen LogP contribution in [-0.2, 0) is 16.0 Å². The van der Waals surface area contributed by atoms with E-state index in [0.717, 1.165) is 51.4 Å². The third-order valence-corrected chi connectivity index (χ3v) is 6.24. The highest BCUT2D eigenvalue weighted by Gasteiger charge is 2.30. The van der Waals surface area contributed by atoms with E-state index in [-0.39, 0.29) is 12.5 Å². The van der Waals surface area contributed by atoms with Crippen LogP contribution in [0, 0.1) is 12.8 Å². The molecule has 1 aliphatic heterocycles. The minimum Gasteiger partial charge on any atom is -0.375 e. The summed E-state index contributed by atoms with van der Waals surface area (Å²) in [7, 11) is 1.56. The van der Waals surface area contributed by atoms with Crippen LogP contribution in [0.1, 0.15) is 37.3 Å². The van der Waals surface area contributed by atoms with Gasteiger partial charge >= 0.3 is 0 Å². The predicted octanol–water partition coefficient (Wildman–Crippen LogP) is 2.61. The highest BCUT2D eigenvalue weighted by molar-refractivity contribution is 5.77. The van der Waals surface area contributed by atoms with Crippen molar-refractivity contribution in [2.45, 2.75) is 45.6 Å². The Kier molecular flexibility index (Phi) is 7.13. The Bertz CT molecular complexity index is 620. The third-order valence-electron chi connectivity index (χ3n) is 6.24. The number of piperazine rings is 1. The fourth-order valence-electron chi connectivity index (χ4n) is 4.46. The van der Waals surface area contributed by atoms with Gasteiger partial charge in [0.15, 0.2) is 0 Å². The van der Waals surface area contributed by atoms with Crippen LogP contribution in [-0.4, -0.2) is 63.3 Å². The molecule has 1 N–H and O–H groups in total. The number of methoxy groups -OCH3 is 1. The summed E-state index contributed by atoms with van der Waals surface area (Å²) < 4.78 is 4.86. The molecule has 0 aromatic heterocycles. The van der Waals surface area contributed by atoms with E-state index in [1.807, 2.05) is 0 Å². The van der Waals surface area contributed by atoms with Crippen LogP contribution >= 0.6 is 0 Å². The number of benzene rings is 1. The van der Waals surface area contributed by atoms with Crippen molar-refractivity contribution in [2.75, 3.05) is 51.3 Å². The molecular weight excluding hydrogens is 338 g/mol. The molecule has 1 aromatic carbocycles. The Morgan fingerprint density at radius 2 is 1.96 bits per heavy atom. The average molecular weight is 374 g/mol. The lowest BCUT2D eigenvalue weighted by atomic mass is 9.78. The number of carbonyl (C=O) groups excluding carboxylic acids is 1. The molecule has 0 unspecified atom stereocenters. The first-order chi connectivity index (χ1) is 13.1. The molecule has 0 spiro atoms. The first-order valence-corrected chi connectivity index (χ1v) is 10.4.